The molecule has 1 nitrogen and oxygen atoms in total. The fourth-order valence-electron chi connectivity index (χ4n) is 2.11. The van der Waals surface area contributed by atoms with Crippen molar-refractivity contribution in [1.29, 1.82) is 0 Å². The molecule has 0 aliphatic carbocycles. The molecule has 1 aromatic heterocycles. The zero-order valence-electron chi connectivity index (χ0n) is 11.3. The third-order valence-electron chi connectivity index (χ3n) is 3.30. The van der Waals surface area contributed by atoms with E-state index in [1.807, 2.05) is 20.0 Å². The number of hydrogen-bond acceptors (Lipinski definition) is 2. The summed E-state index contributed by atoms with van der Waals surface area (Å²) in [6.07, 6.45) is 0.870. The fraction of sp³-hybridized carbons (Fsp3) is 0.333. The number of nitrogens with one attached hydrogen (secondary N) is 1. The van der Waals surface area contributed by atoms with Gasteiger partial charge in [0.25, 0.3) is 0 Å². The van der Waals surface area contributed by atoms with Gasteiger partial charge in [0.2, 0.25) is 0 Å². The van der Waals surface area contributed by atoms with Gasteiger partial charge in [-0.15, -0.1) is 11.3 Å². The van der Waals surface area contributed by atoms with Crippen LogP contribution in [0.3, 0.4) is 0 Å². The van der Waals surface area contributed by atoms with Crippen molar-refractivity contribution in [3.8, 4) is 0 Å². The Balaban J connectivity index is 2.23. The summed E-state index contributed by atoms with van der Waals surface area (Å²) in [6.45, 7) is 4.06. The Morgan fingerprint density at radius 2 is 2.00 bits per heavy atom. The number of rotatable bonds is 4. The van der Waals surface area contributed by atoms with Gasteiger partial charge in [0.1, 0.15) is 5.82 Å². The smallest absolute Gasteiger partial charge is 0.123 e. The fourth-order valence-corrected chi connectivity index (χ4v) is 3.79. The van der Waals surface area contributed by atoms with Crippen molar-refractivity contribution in [2.75, 3.05) is 7.05 Å². The quantitative estimate of drug-likeness (QED) is 0.844. The van der Waals surface area contributed by atoms with Gasteiger partial charge in [-0.25, -0.2) is 4.39 Å². The van der Waals surface area contributed by atoms with Crippen LogP contribution in [0.15, 0.2) is 28.1 Å². The Kier molecular flexibility index (Phi) is 4.76. The second kappa shape index (κ2) is 6.16. The number of benzene rings is 1. The number of hydrogen-bond donors (Lipinski definition) is 1. The van der Waals surface area contributed by atoms with Crippen LogP contribution in [0, 0.1) is 19.7 Å². The number of halogens is 2. The van der Waals surface area contributed by atoms with E-state index in [1.165, 1.54) is 25.9 Å². The van der Waals surface area contributed by atoms with Crippen molar-refractivity contribution in [3.63, 3.8) is 0 Å². The lowest BCUT2D eigenvalue weighted by Crippen LogP contribution is -2.18. The molecule has 0 saturated heterocycles. The van der Waals surface area contributed by atoms with Gasteiger partial charge in [-0.2, -0.15) is 0 Å². The molecule has 0 radical (unpaired) electrons. The summed E-state index contributed by atoms with van der Waals surface area (Å²) < 4.78 is 14.3. The molecular weight excluding hydrogens is 325 g/mol. The maximum absolute atomic E-state index is 13.1. The SMILES string of the molecule is CNC(Cc1ccc(F)cc1C)c1cc(C)c(Br)s1. The highest BCUT2D eigenvalue weighted by atomic mass is 79.9. The van der Waals surface area contributed by atoms with E-state index in [0.29, 0.717) is 0 Å². The molecule has 1 aromatic carbocycles. The first kappa shape index (κ1) is 14.7. The van der Waals surface area contributed by atoms with E-state index in [-0.39, 0.29) is 11.9 Å². The lowest BCUT2D eigenvalue weighted by molar-refractivity contribution is 0.595. The van der Waals surface area contributed by atoms with Crippen LogP contribution in [0.1, 0.15) is 27.6 Å². The highest BCUT2D eigenvalue weighted by Crippen LogP contribution is 2.33. The highest BCUT2D eigenvalue weighted by Gasteiger charge is 2.15. The Hall–Kier alpha value is -0.710. The molecule has 0 aliphatic heterocycles. The second-order valence-corrected chi connectivity index (χ2v) is 7.12. The Morgan fingerprint density at radius 1 is 1.26 bits per heavy atom. The molecular formula is C15H17BrFNS. The first-order chi connectivity index (χ1) is 9.01. The monoisotopic (exact) mass is 341 g/mol. The summed E-state index contributed by atoms with van der Waals surface area (Å²) in [5.74, 6) is -0.169. The average Bonchev–Trinajstić information content (AvgIpc) is 2.68. The Labute approximate surface area is 126 Å². The largest absolute Gasteiger partial charge is 0.312 e. The molecule has 102 valence electrons. The highest BCUT2D eigenvalue weighted by molar-refractivity contribution is 9.11. The molecule has 0 fully saturated rings. The van der Waals surface area contributed by atoms with Crippen LogP contribution in [0.25, 0.3) is 0 Å². The van der Waals surface area contributed by atoms with Crippen LogP contribution in [0.4, 0.5) is 4.39 Å². The predicted molar refractivity (Wildman–Crippen MR) is 83.4 cm³/mol. The first-order valence-corrected chi connectivity index (χ1v) is 7.80. The predicted octanol–water partition coefficient (Wildman–Crippen LogP) is 4.77. The van der Waals surface area contributed by atoms with Crippen molar-refractivity contribution >= 4 is 27.3 Å². The summed E-state index contributed by atoms with van der Waals surface area (Å²) in [4.78, 5) is 1.30. The van der Waals surface area contributed by atoms with Crippen molar-refractivity contribution < 1.29 is 4.39 Å². The summed E-state index contributed by atoms with van der Waals surface area (Å²) in [5, 5.41) is 3.35. The maximum atomic E-state index is 13.1. The van der Waals surface area contributed by atoms with Crippen LogP contribution in [0.2, 0.25) is 0 Å². The number of thiophene rings is 1. The normalized spacial score (nSPS) is 12.7. The van der Waals surface area contributed by atoms with Crippen molar-refractivity contribution in [3.05, 3.63) is 55.4 Å². The van der Waals surface area contributed by atoms with E-state index < -0.39 is 0 Å². The molecule has 0 bridgehead atoms. The van der Waals surface area contributed by atoms with Gasteiger partial charge < -0.3 is 5.32 Å². The van der Waals surface area contributed by atoms with Crippen LogP contribution in [-0.4, -0.2) is 7.05 Å². The lowest BCUT2D eigenvalue weighted by Gasteiger charge is -2.16. The molecule has 1 N–H and O–H groups in total. The molecule has 1 unspecified atom stereocenters. The van der Waals surface area contributed by atoms with E-state index in [9.17, 15) is 4.39 Å². The van der Waals surface area contributed by atoms with Crippen LogP contribution < -0.4 is 5.32 Å². The molecule has 2 rings (SSSR count). The average molecular weight is 342 g/mol. The zero-order chi connectivity index (χ0) is 14.0. The van der Waals surface area contributed by atoms with E-state index in [4.69, 9.17) is 0 Å². The minimum atomic E-state index is -0.169. The third kappa shape index (κ3) is 3.44. The summed E-state index contributed by atoms with van der Waals surface area (Å²) in [6, 6.07) is 7.47. The molecule has 19 heavy (non-hydrogen) atoms. The topological polar surface area (TPSA) is 12.0 Å². The second-order valence-electron chi connectivity index (χ2n) is 4.72. The molecule has 2 aromatic rings. The molecule has 4 heteroatoms. The number of likely N-dealkylation sites (N-methyl/N-ethyl adjacent to an activating group) is 1. The van der Waals surface area contributed by atoms with Gasteiger partial charge in [-0.1, -0.05) is 6.07 Å². The van der Waals surface area contributed by atoms with Gasteiger partial charge in [0, 0.05) is 10.9 Å². The van der Waals surface area contributed by atoms with E-state index in [0.717, 1.165) is 12.0 Å². The van der Waals surface area contributed by atoms with E-state index in [1.54, 1.807) is 17.4 Å². The summed E-state index contributed by atoms with van der Waals surface area (Å²) >= 11 is 5.32. The van der Waals surface area contributed by atoms with E-state index >= 15 is 0 Å². The van der Waals surface area contributed by atoms with Crippen molar-refractivity contribution in [2.24, 2.45) is 0 Å². The Morgan fingerprint density at radius 3 is 2.53 bits per heavy atom. The maximum Gasteiger partial charge on any atom is 0.123 e. The van der Waals surface area contributed by atoms with Gasteiger partial charge in [0.05, 0.1) is 3.79 Å². The zero-order valence-corrected chi connectivity index (χ0v) is 13.7. The van der Waals surface area contributed by atoms with Gasteiger partial charge in [-0.05, 0) is 78.1 Å². The van der Waals surface area contributed by atoms with Gasteiger partial charge >= 0.3 is 0 Å². The summed E-state index contributed by atoms with van der Waals surface area (Å²) in [7, 11) is 1.96. The summed E-state index contributed by atoms with van der Waals surface area (Å²) in [5.41, 5.74) is 3.45. The molecule has 0 saturated carbocycles. The lowest BCUT2D eigenvalue weighted by atomic mass is 10.00. The van der Waals surface area contributed by atoms with Gasteiger partial charge in [-0.3, -0.25) is 0 Å². The standard InChI is InChI=1S/C15H17BrFNS/c1-9-6-12(17)5-4-11(9)8-13(18-3)14-7-10(2)15(16)19-14/h4-7,13,18H,8H2,1-3H3. The molecule has 0 spiro atoms. The van der Waals surface area contributed by atoms with E-state index in [2.05, 4.69) is 34.2 Å². The molecule has 0 aliphatic rings. The van der Waals surface area contributed by atoms with Crippen molar-refractivity contribution in [2.45, 2.75) is 26.3 Å². The first-order valence-electron chi connectivity index (χ1n) is 6.19. The third-order valence-corrected chi connectivity index (χ3v) is 5.55. The minimum absolute atomic E-state index is 0.169. The Bertz CT molecular complexity index is 560. The molecule has 0 amide bonds. The number of aryl methyl sites for hydroxylation is 2. The minimum Gasteiger partial charge on any atom is -0.312 e. The van der Waals surface area contributed by atoms with Crippen LogP contribution in [0.5, 0.6) is 0 Å². The van der Waals surface area contributed by atoms with Crippen LogP contribution >= 0.6 is 27.3 Å². The molecule has 1 atom stereocenters. The van der Waals surface area contributed by atoms with Crippen LogP contribution in [-0.2, 0) is 6.42 Å². The molecule has 1 heterocycles. The van der Waals surface area contributed by atoms with Crippen molar-refractivity contribution in [1.82, 2.24) is 5.32 Å². The van der Waals surface area contributed by atoms with Gasteiger partial charge in [0.15, 0.2) is 0 Å².